The second-order valence-electron chi connectivity index (χ2n) is 37.4. The molecule has 12 fully saturated rings. The Balaban J connectivity index is 0.000000125. The van der Waals surface area contributed by atoms with Crippen molar-refractivity contribution >= 4 is 44.1 Å². The number of aryl methyl sites for hydroxylation is 1. The number of piperazine rings is 3. The third-order valence-corrected chi connectivity index (χ3v) is 29.8. The summed E-state index contributed by atoms with van der Waals surface area (Å²) < 4.78 is 120. The quantitative estimate of drug-likeness (QED) is 0.0519. The van der Waals surface area contributed by atoms with Crippen LogP contribution in [0.25, 0.3) is 49.9 Å². The number of fused-ring (bicyclic) bond motifs is 9. The number of methoxy groups -OCH3 is 3. The first kappa shape index (κ1) is 96.7. The highest BCUT2D eigenvalue weighted by atomic mass is 32.2. The molecule has 24 heterocycles. The predicted octanol–water partition coefficient (Wildman–Crippen LogP) is 12.9. The van der Waals surface area contributed by atoms with E-state index < -0.39 is 43.8 Å². The second-order valence-corrected chi connectivity index (χ2v) is 39.0. The molecule has 6 unspecified atom stereocenters. The minimum atomic E-state index is -3.82. The Morgan fingerprint density at radius 3 is 1.03 bits per heavy atom. The summed E-state index contributed by atoms with van der Waals surface area (Å²) >= 11 is 0. The lowest BCUT2D eigenvalue weighted by molar-refractivity contribution is -0.00886. The number of piperidine rings is 3. The smallest absolute Gasteiger partial charge is 0.297 e. The average molecular weight is 1960 g/mol. The summed E-state index contributed by atoms with van der Waals surface area (Å²) in [5, 5.41) is 81.0. The average Bonchev–Trinajstić information content (AvgIpc) is 0.905. The fourth-order valence-electron chi connectivity index (χ4n) is 20.3. The number of aromatic nitrogens is 12. The first-order valence-electron chi connectivity index (χ1n) is 47.1. The molecule has 40 heteroatoms. The maximum Gasteiger partial charge on any atom is 0.297 e. The fraction of sp³-hybridized carbons (Fsp3) is 0.388. The first-order chi connectivity index (χ1) is 69.5. The van der Waals surface area contributed by atoms with Gasteiger partial charge in [0.15, 0.2) is 17.5 Å². The van der Waals surface area contributed by atoms with E-state index in [2.05, 4.69) is 101 Å². The van der Waals surface area contributed by atoms with Crippen LogP contribution in [0.2, 0.25) is 0 Å². The zero-order valence-electron chi connectivity index (χ0n) is 78.9. The molecule has 0 amide bonds. The molecular weight excluding hydrogens is 1850 g/mol. The number of benzene rings is 1. The highest BCUT2D eigenvalue weighted by Crippen LogP contribution is 2.44. The monoisotopic (exact) mass is 1950 g/mol. The lowest BCUT2D eigenvalue weighted by Crippen LogP contribution is -2.68. The fourth-order valence-corrected chi connectivity index (χ4v) is 21.2. The van der Waals surface area contributed by atoms with E-state index in [9.17, 15) is 58.3 Å². The Morgan fingerprint density at radius 1 is 0.413 bits per heavy atom. The van der Waals surface area contributed by atoms with Crippen LogP contribution >= 0.6 is 0 Å². The maximum absolute atomic E-state index is 14.2. The zero-order chi connectivity index (χ0) is 99.3. The Hall–Kier alpha value is -15.2. The third kappa shape index (κ3) is 20.4. The van der Waals surface area contributed by atoms with E-state index in [0.717, 1.165) is 126 Å². The van der Waals surface area contributed by atoms with Crippen LogP contribution < -0.4 is 38.4 Å². The normalized spacial score (nSPS) is 20.2. The Morgan fingerprint density at radius 2 is 0.734 bits per heavy atom. The van der Waals surface area contributed by atoms with Gasteiger partial charge in [0, 0.05) is 205 Å². The van der Waals surface area contributed by atoms with Crippen molar-refractivity contribution in [3.8, 4) is 105 Å². The van der Waals surface area contributed by atoms with Crippen molar-refractivity contribution in [3.05, 3.63) is 228 Å². The largest absolute Gasteiger partial charge is 0.506 e. The van der Waals surface area contributed by atoms with Crippen LogP contribution in [-0.4, -0.2) is 243 Å². The number of hydrogen-bond acceptors (Lipinski definition) is 33. The molecule has 732 valence electrons. The molecule has 36 nitrogen and oxygen atoms in total. The number of hydrogen-bond donors (Lipinski definition) is 1. The molecule has 143 heavy (non-hydrogen) atoms. The molecule has 13 aromatic rings. The Kier molecular flexibility index (Phi) is 28.1. The highest BCUT2D eigenvalue weighted by Gasteiger charge is 2.48. The zero-order valence-corrected chi connectivity index (χ0v) is 79.8. The van der Waals surface area contributed by atoms with E-state index in [4.69, 9.17) is 52.0 Å². The molecule has 12 saturated heterocycles. The molecule has 12 aliphatic rings. The second kappa shape index (κ2) is 41.5. The topological polar surface area (TPSA) is 429 Å². The summed E-state index contributed by atoms with van der Waals surface area (Å²) in [5.41, 5.74) is 9.58. The number of nitrogens with zero attached hydrogens (tertiary/aromatic N) is 24. The number of halogens is 3. The van der Waals surface area contributed by atoms with Gasteiger partial charge in [-0.25, -0.2) is 56.6 Å². The molecule has 0 aliphatic carbocycles. The summed E-state index contributed by atoms with van der Waals surface area (Å²) in [6.07, 6.45) is 26.8. The third-order valence-electron chi connectivity index (χ3n) is 28.5. The van der Waals surface area contributed by atoms with E-state index >= 15 is 0 Å². The SMILES string of the molecule is COc1ncc(CN2C3CC2CN(c2ccc(-c4cc(O)cn5ncc(C#N)c45)cn2)C3)cc1F.COc1ncc(CN2C3CC2CN(c2ccc(-c4cc(OCC5(C#N)CCOCC5)cn5ncc(C#N)c45)cn2)C3)cc1F.COc1ncc(CN2C3CC2CN(c2ccc(-c4cc(OCC5(C#N)CCOCC5)cn5ncc(C#N)c45)cn2)C3)cc1F.Cc1ccc(S(=O)(=O)OCC2(C#N)CCOCC2)cc1. The molecule has 12 aromatic heterocycles. The van der Waals surface area contributed by atoms with Crippen molar-refractivity contribution in [2.45, 2.75) is 125 Å². The summed E-state index contributed by atoms with van der Waals surface area (Å²) in [4.78, 5) is 40.7. The standard InChI is InChI=1S/2C32H31FN8O3.C25H22FN7O2.C14H17NO4S/c2*1-42-31-28(33)8-21(12-37-31)15-40-24-9-25(40)17-39(16-24)29-3-2-22(13-36-29)27-10-26(18-41-30(27)23(11-34)14-38-41)44-20-32(19-35)4-6-43-7-5-32;1-35-25-22(26)4-15(8-29-25)11-32-18-5-19(32)13-31(12-18)23-3-2-16(9-28-23)21-6-20(34)14-33-24(21)17(7-27)10-30-33;1-12-2-4-13(5-3-12)20(16,17)19-11-14(10-15)6-8-18-9-7-14/h2*2-3,8,10,12-14,18,24-25H,4-7,9,15-17,20H2,1H3;2-4,6,8-10,14,18-19,34H,5,11-13H2,1H3;2-5H,6-9,11H2,1H3. The van der Waals surface area contributed by atoms with Gasteiger partial charge in [-0.3, -0.25) is 18.9 Å². The van der Waals surface area contributed by atoms with Gasteiger partial charge in [0.25, 0.3) is 10.1 Å². The van der Waals surface area contributed by atoms with E-state index in [1.54, 1.807) is 76.8 Å². The lowest BCUT2D eigenvalue weighted by Gasteiger charge is -2.56. The summed E-state index contributed by atoms with van der Waals surface area (Å²) in [5.74, 6) is 2.54. The minimum absolute atomic E-state index is 0.0117. The lowest BCUT2D eigenvalue weighted by atomic mass is 9.83. The van der Waals surface area contributed by atoms with Crippen LogP contribution in [0.4, 0.5) is 30.6 Å². The van der Waals surface area contributed by atoms with Crippen molar-refractivity contribution in [1.29, 1.82) is 31.6 Å². The van der Waals surface area contributed by atoms with Gasteiger partial charge < -0.3 is 57.7 Å². The molecule has 0 spiro atoms. The predicted molar refractivity (Wildman–Crippen MR) is 513 cm³/mol. The van der Waals surface area contributed by atoms with Gasteiger partial charge in [-0.05, 0) is 166 Å². The molecule has 1 aromatic carbocycles. The van der Waals surface area contributed by atoms with Gasteiger partial charge in [-0.2, -0.15) is 55.3 Å². The number of aromatic hydroxyl groups is 1. The number of pyridine rings is 9. The summed E-state index contributed by atoms with van der Waals surface area (Å²) in [6, 6.07) is 44.1. The number of anilines is 3. The first-order valence-corrected chi connectivity index (χ1v) is 48.5. The molecule has 25 rings (SSSR count). The molecule has 0 saturated carbocycles. The van der Waals surface area contributed by atoms with Crippen molar-refractivity contribution in [2.24, 2.45) is 16.2 Å². The van der Waals surface area contributed by atoms with Gasteiger partial charge in [0.05, 0.1) is 138 Å². The van der Waals surface area contributed by atoms with Gasteiger partial charge >= 0.3 is 0 Å². The molecule has 6 atom stereocenters. The van der Waals surface area contributed by atoms with Crippen LogP contribution in [0, 0.1) is 109 Å². The van der Waals surface area contributed by atoms with Gasteiger partial charge in [0.2, 0.25) is 17.6 Å². The highest BCUT2D eigenvalue weighted by molar-refractivity contribution is 7.86. The maximum atomic E-state index is 14.2. The van der Waals surface area contributed by atoms with Crippen LogP contribution in [0.3, 0.4) is 0 Å². The Labute approximate surface area is 822 Å². The van der Waals surface area contributed by atoms with Crippen molar-refractivity contribution in [3.63, 3.8) is 0 Å². The van der Waals surface area contributed by atoms with Gasteiger partial charge in [-0.1, -0.05) is 17.7 Å². The molecule has 12 aliphatic heterocycles. The summed E-state index contributed by atoms with van der Waals surface area (Å²) in [7, 11) is 0.414. The van der Waals surface area contributed by atoms with E-state index in [0.29, 0.717) is 184 Å². The number of nitriles is 6. The summed E-state index contributed by atoms with van der Waals surface area (Å²) in [6.45, 7) is 12.3. The molecule has 1 N–H and O–H groups in total. The van der Waals surface area contributed by atoms with E-state index in [1.165, 1.54) is 68.6 Å². The van der Waals surface area contributed by atoms with Crippen molar-refractivity contribution in [1.82, 2.24) is 73.4 Å². The van der Waals surface area contributed by atoms with Crippen LogP contribution in [-0.2, 0) is 48.1 Å². The van der Waals surface area contributed by atoms with Crippen LogP contribution in [0.5, 0.6) is 34.9 Å². The van der Waals surface area contributed by atoms with Crippen LogP contribution in [0.15, 0.2) is 176 Å². The number of rotatable bonds is 25. The van der Waals surface area contributed by atoms with E-state index in [1.807, 2.05) is 67.8 Å². The number of ether oxygens (including phenoxy) is 8. The van der Waals surface area contributed by atoms with E-state index in [-0.39, 0.29) is 48.1 Å². The molecule has 0 radical (unpaired) electrons. The van der Waals surface area contributed by atoms with Gasteiger partial charge in [-0.15, -0.1) is 0 Å². The van der Waals surface area contributed by atoms with Gasteiger partial charge in [0.1, 0.15) is 66.1 Å². The van der Waals surface area contributed by atoms with Crippen molar-refractivity contribution < 1.29 is 68.8 Å². The Bertz CT molecular complexity index is 6970. The minimum Gasteiger partial charge on any atom is -0.506 e. The molecule has 6 bridgehead atoms. The molecular formula is C103H101F3N24O12S. The van der Waals surface area contributed by atoms with Crippen LogP contribution in [0.1, 0.15) is 96.7 Å². The van der Waals surface area contributed by atoms with Crippen molar-refractivity contribution in [2.75, 3.05) is 135 Å².